The summed E-state index contributed by atoms with van der Waals surface area (Å²) in [5, 5.41) is 4.83. The summed E-state index contributed by atoms with van der Waals surface area (Å²) in [4.78, 5) is -0.336. The summed E-state index contributed by atoms with van der Waals surface area (Å²) in [6.07, 6.45) is 0. The van der Waals surface area contributed by atoms with Crippen molar-refractivity contribution in [2.75, 3.05) is 0 Å². The number of benzene rings is 2. The van der Waals surface area contributed by atoms with Crippen LogP contribution in [-0.2, 0) is 19.1 Å². The normalized spacial score (nSPS) is 11.4. The number of nitrogens with two attached hydrogens (primary N) is 1. The van der Waals surface area contributed by atoms with Gasteiger partial charge in [-0.25, -0.2) is 26.4 Å². The quantitative estimate of drug-likeness (QED) is 0.838. The maximum Gasteiger partial charge on any atom is 0.264 e. The smallest absolute Gasteiger partial charge is 0.225 e. The lowest BCUT2D eigenvalue weighted by Gasteiger charge is -1.95. The molecule has 0 saturated carbocycles. The summed E-state index contributed by atoms with van der Waals surface area (Å²) in [5.41, 5.74) is 0. The molecule has 114 valence electrons. The van der Waals surface area contributed by atoms with Crippen molar-refractivity contribution in [2.24, 2.45) is 5.14 Å². The van der Waals surface area contributed by atoms with E-state index in [0.29, 0.717) is 0 Å². The van der Waals surface area contributed by atoms with E-state index >= 15 is 0 Å². The van der Waals surface area contributed by atoms with E-state index in [9.17, 15) is 21.2 Å². The van der Waals surface area contributed by atoms with Gasteiger partial charge < -0.3 is 0 Å². The molecule has 2 N–H and O–H groups in total. The minimum absolute atomic E-state index is 0.148. The minimum Gasteiger partial charge on any atom is -0.225 e. The van der Waals surface area contributed by atoms with Crippen LogP contribution < -0.4 is 5.14 Å². The number of sulfonamides is 1. The van der Waals surface area contributed by atoms with E-state index in [0.717, 1.165) is 12.1 Å². The molecular formula is C12H11ClFNO4S2. The molecule has 0 aliphatic carbocycles. The summed E-state index contributed by atoms with van der Waals surface area (Å²) in [5.74, 6) is -0.831. The van der Waals surface area contributed by atoms with Crippen molar-refractivity contribution in [3.8, 4) is 0 Å². The molecule has 0 saturated heterocycles. The van der Waals surface area contributed by atoms with E-state index in [1.54, 1.807) is 18.2 Å². The first-order chi connectivity index (χ1) is 9.62. The Hall–Kier alpha value is -1.48. The Morgan fingerprint density at radius 1 is 0.857 bits per heavy atom. The van der Waals surface area contributed by atoms with Gasteiger partial charge >= 0.3 is 0 Å². The molecule has 0 aliphatic heterocycles. The van der Waals surface area contributed by atoms with Crippen LogP contribution in [0.25, 0.3) is 0 Å². The van der Waals surface area contributed by atoms with Crippen molar-refractivity contribution in [3.63, 3.8) is 0 Å². The molecule has 2 aromatic rings. The van der Waals surface area contributed by atoms with Crippen LogP contribution in [0.2, 0.25) is 0 Å². The van der Waals surface area contributed by atoms with Crippen LogP contribution in [0.15, 0.2) is 64.4 Å². The fourth-order valence-electron chi connectivity index (χ4n) is 1.25. The molecule has 0 aromatic heterocycles. The van der Waals surface area contributed by atoms with Gasteiger partial charge in [0.05, 0.1) is 4.90 Å². The molecule has 0 atom stereocenters. The van der Waals surface area contributed by atoms with E-state index in [-0.39, 0.29) is 4.90 Å². The third kappa shape index (κ3) is 5.80. The second kappa shape index (κ2) is 6.99. The lowest BCUT2D eigenvalue weighted by Crippen LogP contribution is -2.11. The zero-order valence-corrected chi connectivity index (χ0v) is 12.9. The molecule has 0 bridgehead atoms. The molecular weight excluding hydrogens is 341 g/mol. The van der Waals surface area contributed by atoms with Crippen molar-refractivity contribution >= 4 is 29.8 Å². The van der Waals surface area contributed by atoms with Gasteiger partial charge in [0.2, 0.25) is 10.0 Å². The molecule has 0 amide bonds. The number of rotatable bonds is 2. The maximum atomic E-state index is 12.6. The van der Waals surface area contributed by atoms with Gasteiger partial charge in [0.1, 0.15) is 10.7 Å². The second-order valence-electron chi connectivity index (χ2n) is 3.73. The van der Waals surface area contributed by atoms with Crippen molar-refractivity contribution in [1.29, 1.82) is 0 Å². The first-order valence-corrected chi connectivity index (χ1v) is 9.25. The Balaban J connectivity index is 0.000000211. The van der Waals surface area contributed by atoms with Gasteiger partial charge in [0.15, 0.2) is 0 Å². The average Bonchev–Trinajstić information content (AvgIpc) is 2.39. The summed E-state index contributed by atoms with van der Waals surface area (Å²) in [6.45, 7) is 0. The van der Waals surface area contributed by atoms with Gasteiger partial charge in [0, 0.05) is 10.7 Å². The molecule has 0 heterocycles. The Morgan fingerprint density at radius 3 is 1.67 bits per heavy atom. The van der Waals surface area contributed by atoms with Crippen LogP contribution in [0.4, 0.5) is 4.39 Å². The average molecular weight is 352 g/mol. The van der Waals surface area contributed by atoms with Crippen LogP contribution in [-0.4, -0.2) is 16.8 Å². The van der Waals surface area contributed by atoms with Gasteiger partial charge in [0.25, 0.3) is 9.05 Å². The summed E-state index contributed by atoms with van der Waals surface area (Å²) < 4.78 is 55.0. The molecule has 21 heavy (non-hydrogen) atoms. The van der Waals surface area contributed by atoms with Gasteiger partial charge in [-0.1, -0.05) is 30.3 Å². The van der Waals surface area contributed by atoms with Crippen molar-refractivity contribution < 1.29 is 21.2 Å². The molecule has 0 unspecified atom stereocenters. The lowest BCUT2D eigenvalue weighted by atomic mass is 10.4. The van der Waals surface area contributed by atoms with E-state index in [2.05, 4.69) is 0 Å². The number of hydrogen-bond donors (Lipinski definition) is 1. The van der Waals surface area contributed by atoms with Gasteiger partial charge in [-0.3, -0.25) is 0 Å². The van der Waals surface area contributed by atoms with Crippen LogP contribution in [0.1, 0.15) is 0 Å². The fourth-order valence-corrected chi connectivity index (χ4v) is 2.71. The fraction of sp³-hybridized carbons (Fsp3) is 0. The number of hydrogen-bond acceptors (Lipinski definition) is 4. The van der Waals surface area contributed by atoms with Crippen molar-refractivity contribution in [3.05, 3.63) is 60.4 Å². The third-order valence-corrected chi connectivity index (χ3v) is 4.46. The highest BCUT2D eigenvalue weighted by molar-refractivity contribution is 8.13. The maximum absolute atomic E-state index is 12.6. The zero-order valence-electron chi connectivity index (χ0n) is 10.5. The number of halogens is 2. The first kappa shape index (κ1) is 17.6. The SMILES string of the molecule is NS(=O)(=O)c1ccccc1.O=S(=O)(Cl)c1ccccc1F. The standard InChI is InChI=1S/C6H4ClFO2S.C6H7NO2S/c7-11(9,10)6-4-2-1-3-5(6)8;7-10(8,9)6-4-2-1-3-5-6/h1-4H;1-5H,(H2,7,8,9). The van der Waals surface area contributed by atoms with Crippen LogP contribution >= 0.6 is 10.7 Å². The highest BCUT2D eigenvalue weighted by Crippen LogP contribution is 2.17. The summed E-state index contributed by atoms with van der Waals surface area (Å²) in [6, 6.07) is 12.8. The Kier molecular flexibility index (Phi) is 5.85. The monoisotopic (exact) mass is 351 g/mol. The van der Waals surface area contributed by atoms with Crippen LogP contribution in [0.3, 0.4) is 0 Å². The second-order valence-corrected chi connectivity index (χ2v) is 7.82. The van der Waals surface area contributed by atoms with Gasteiger partial charge in [-0.2, -0.15) is 0 Å². The third-order valence-electron chi connectivity index (χ3n) is 2.17. The van der Waals surface area contributed by atoms with Crippen LogP contribution in [0.5, 0.6) is 0 Å². The lowest BCUT2D eigenvalue weighted by molar-refractivity contribution is 0.575. The van der Waals surface area contributed by atoms with E-state index in [4.69, 9.17) is 15.8 Å². The Labute approximate surface area is 126 Å². The Bertz CT molecular complexity index is 808. The van der Waals surface area contributed by atoms with E-state index in [1.807, 2.05) is 0 Å². The summed E-state index contributed by atoms with van der Waals surface area (Å²) in [7, 11) is -2.54. The van der Waals surface area contributed by atoms with Crippen molar-refractivity contribution in [1.82, 2.24) is 0 Å². The summed E-state index contributed by atoms with van der Waals surface area (Å²) >= 11 is 0. The highest BCUT2D eigenvalue weighted by Gasteiger charge is 2.13. The molecule has 0 spiro atoms. The molecule has 5 nitrogen and oxygen atoms in total. The molecule has 9 heteroatoms. The predicted molar refractivity (Wildman–Crippen MR) is 77.3 cm³/mol. The van der Waals surface area contributed by atoms with E-state index in [1.165, 1.54) is 24.3 Å². The molecule has 2 rings (SSSR count). The van der Waals surface area contributed by atoms with Gasteiger partial charge in [-0.15, -0.1) is 0 Å². The molecule has 0 aliphatic rings. The zero-order chi connectivity index (χ0) is 16.1. The van der Waals surface area contributed by atoms with Crippen LogP contribution in [0, 0.1) is 5.82 Å². The largest absolute Gasteiger partial charge is 0.264 e. The minimum atomic E-state index is -3.94. The van der Waals surface area contributed by atoms with E-state index < -0.39 is 29.8 Å². The molecule has 2 aromatic carbocycles. The molecule has 0 fully saturated rings. The van der Waals surface area contributed by atoms with Crippen molar-refractivity contribution in [2.45, 2.75) is 9.79 Å². The predicted octanol–water partition coefficient (Wildman–Crippen LogP) is 2.09. The highest BCUT2D eigenvalue weighted by atomic mass is 35.7. The Morgan fingerprint density at radius 2 is 1.33 bits per heavy atom. The number of primary sulfonamides is 1. The topological polar surface area (TPSA) is 94.3 Å². The molecule has 0 radical (unpaired) electrons. The van der Waals surface area contributed by atoms with Gasteiger partial charge in [-0.05, 0) is 24.3 Å². The first-order valence-electron chi connectivity index (χ1n) is 5.39.